The lowest BCUT2D eigenvalue weighted by atomic mass is 9.79. The highest BCUT2D eigenvalue weighted by Crippen LogP contribution is 2.44. The Labute approximate surface area is 132 Å². The number of hydrogen-bond donors (Lipinski definition) is 2. The van der Waals surface area contributed by atoms with E-state index in [1.54, 1.807) is 0 Å². The van der Waals surface area contributed by atoms with Gasteiger partial charge in [0.15, 0.2) is 0 Å². The third-order valence-corrected chi connectivity index (χ3v) is 5.79. The van der Waals surface area contributed by atoms with Gasteiger partial charge < -0.3 is 9.47 Å². The molecule has 3 N–H and O–H groups in total. The molecule has 3 heterocycles. The molecule has 0 radical (unpaired) electrons. The van der Waals surface area contributed by atoms with Crippen molar-refractivity contribution in [3.05, 3.63) is 20.3 Å². The van der Waals surface area contributed by atoms with Gasteiger partial charge in [0.25, 0.3) is 0 Å². The van der Waals surface area contributed by atoms with Gasteiger partial charge in [-0.3, -0.25) is 11.3 Å². The number of rotatable bonds is 3. The Balaban J connectivity index is 1.80. The van der Waals surface area contributed by atoms with Crippen molar-refractivity contribution in [2.24, 2.45) is 11.8 Å². The molecule has 1 aromatic rings. The van der Waals surface area contributed by atoms with Crippen LogP contribution in [0.25, 0.3) is 0 Å². The zero-order chi connectivity index (χ0) is 14.2. The van der Waals surface area contributed by atoms with Gasteiger partial charge in [0.1, 0.15) is 0 Å². The Morgan fingerprint density at radius 2 is 2.30 bits per heavy atom. The van der Waals surface area contributed by atoms with E-state index < -0.39 is 0 Å². The topological polar surface area (TPSA) is 56.5 Å². The SMILES string of the molecule is NNC(c1cc(Cl)sc1Cl)C1CCOC2(CCOC2)C1. The maximum absolute atomic E-state index is 6.27. The minimum absolute atomic E-state index is 0.00706. The van der Waals surface area contributed by atoms with E-state index in [1.807, 2.05) is 6.07 Å². The van der Waals surface area contributed by atoms with E-state index in [2.05, 4.69) is 5.43 Å². The molecule has 3 atom stereocenters. The van der Waals surface area contributed by atoms with Crippen LogP contribution in [-0.2, 0) is 9.47 Å². The number of hydrogen-bond acceptors (Lipinski definition) is 5. The fourth-order valence-corrected chi connectivity index (χ4v) is 4.81. The van der Waals surface area contributed by atoms with Gasteiger partial charge >= 0.3 is 0 Å². The third kappa shape index (κ3) is 2.86. The predicted molar refractivity (Wildman–Crippen MR) is 81.2 cm³/mol. The molecular weight excluding hydrogens is 319 g/mol. The van der Waals surface area contributed by atoms with Crippen molar-refractivity contribution in [1.29, 1.82) is 0 Å². The van der Waals surface area contributed by atoms with Crippen LogP contribution in [0.4, 0.5) is 0 Å². The standard InChI is InChI=1S/C13H18Cl2N2O2S/c14-10-5-9(12(15)20-10)11(17-16)8-1-3-19-13(6-8)2-4-18-7-13/h5,8,11,17H,1-4,6-7,16H2. The van der Waals surface area contributed by atoms with E-state index in [0.29, 0.717) is 21.2 Å². The number of nitrogens with two attached hydrogens (primary N) is 1. The zero-order valence-corrected chi connectivity index (χ0v) is 13.4. The molecule has 3 rings (SSSR count). The maximum atomic E-state index is 6.27. The van der Waals surface area contributed by atoms with Gasteiger partial charge in [0.05, 0.1) is 26.9 Å². The van der Waals surface area contributed by atoms with Gasteiger partial charge in [-0.15, -0.1) is 11.3 Å². The van der Waals surface area contributed by atoms with E-state index in [1.165, 1.54) is 11.3 Å². The molecule has 2 aliphatic heterocycles. The van der Waals surface area contributed by atoms with Gasteiger partial charge in [-0.05, 0) is 24.8 Å². The molecule has 1 spiro atoms. The summed E-state index contributed by atoms with van der Waals surface area (Å²) in [6.07, 6.45) is 2.85. The van der Waals surface area contributed by atoms with E-state index in [-0.39, 0.29) is 11.6 Å². The monoisotopic (exact) mass is 336 g/mol. The molecule has 20 heavy (non-hydrogen) atoms. The molecule has 2 aliphatic rings. The van der Waals surface area contributed by atoms with Crippen molar-refractivity contribution in [1.82, 2.24) is 5.43 Å². The van der Waals surface area contributed by atoms with Crippen molar-refractivity contribution in [3.8, 4) is 0 Å². The normalized spacial score (nSPS) is 31.9. The highest BCUT2D eigenvalue weighted by atomic mass is 35.5. The predicted octanol–water partition coefficient (Wildman–Crippen LogP) is 3.15. The van der Waals surface area contributed by atoms with Crippen LogP contribution in [0.2, 0.25) is 8.67 Å². The fraction of sp³-hybridized carbons (Fsp3) is 0.692. The number of thiophene rings is 1. The minimum atomic E-state index is -0.135. The first-order valence-electron chi connectivity index (χ1n) is 6.76. The van der Waals surface area contributed by atoms with Crippen LogP contribution < -0.4 is 11.3 Å². The first-order chi connectivity index (χ1) is 9.63. The van der Waals surface area contributed by atoms with Gasteiger partial charge in [-0.25, -0.2) is 0 Å². The van der Waals surface area contributed by atoms with Crippen LogP contribution in [0.3, 0.4) is 0 Å². The summed E-state index contributed by atoms with van der Waals surface area (Å²) in [4.78, 5) is 0. The molecule has 1 aromatic heterocycles. The molecule has 0 amide bonds. The molecular formula is C13H18Cl2N2O2S. The van der Waals surface area contributed by atoms with E-state index in [0.717, 1.165) is 38.0 Å². The molecule has 2 saturated heterocycles. The highest BCUT2D eigenvalue weighted by Gasteiger charge is 2.43. The largest absolute Gasteiger partial charge is 0.378 e. The Bertz CT molecular complexity index is 477. The quantitative estimate of drug-likeness (QED) is 0.657. The van der Waals surface area contributed by atoms with E-state index in [9.17, 15) is 0 Å². The van der Waals surface area contributed by atoms with Crippen molar-refractivity contribution in [2.45, 2.75) is 30.9 Å². The van der Waals surface area contributed by atoms with Gasteiger partial charge in [-0.2, -0.15) is 0 Å². The molecule has 0 aliphatic carbocycles. The Morgan fingerprint density at radius 1 is 1.45 bits per heavy atom. The van der Waals surface area contributed by atoms with E-state index >= 15 is 0 Å². The number of ether oxygens (including phenoxy) is 2. The molecule has 2 fully saturated rings. The Hall–Kier alpha value is 0.120. The molecule has 3 unspecified atom stereocenters. The van der Waals surface area contributed by atoms with Crippen LogP contribution in [0.1, 0.15) is 30.9 Å². The van der Waals surface area contributed by atoms with Crippen LogP contribution in [0.15, 0.2) is 6.07 Å². The Kier molecular flexibility index (Phi) is 4.57. The van der Waals surface area contributed by atoms with E-state index in [4.69, 9.17) is 38.5 Å². The van der Waals surface area contributed by atoms with Crippen molar-refractivity contribution >= 4 is 34.5 Å². The summed E-state index contributed by atoms with van der Waals surface area (Å²) >= 11 is 13.7. The van der Waals surface area contributed by atoms with Crippen LogP contribution in [-0.4, -0.2) is 25.4 Å². The first-order valence-corrected chi connectivity index (χ1v) is 8.33. The fourth-order valence-electron chi connectivity index (χ4n) is 3.26. The van der Waals surface area contributed by atoms with Gasteiger partial charge in [-0.1, -0.05) is 23.2 Å². The molecule has 0 bridgehead atoms. The summed E-state index contributed by atoms with van der Waals surface area (Å²) < 4.78 is 12.9. The Morgan fingerprint density at radius 3 is 2.90 bits per heavy atom. The lowest BCUT2D eigenvalue weighted by molar-refractivity contribution is -0.103. The first kappa shape index (κ1) is 15.0. The average molecular weight is 337 g/mol. The van der Waals surface area contributed by atoms with Crippen molar-refractivity contribution in [3.63, 3.8) is 0 Å². The second kappa shape index (κ2) is 6.08. The summed E-state index contributed by atoms with van der Waals surface area (Å²) in [7, 11) is 0. The summed E-state index contributed by atoms with van der Waals surface area (Å²) in [5, 5.41) is 0. The average Bonchev–Trinajstić information content (AvgIpc) is 2.99. The van der Waals surface area contributed by atoms with Crippen molar-refractivity contribution in [2.75, 3.05) is 19.8 Å². The zero-order valence-electron chi connectivity index (χ0n) is 11.0. The molecule has 0 saturated carbocycles. The summed E-state index contributed by atoms with van der Waals surface area (Å²) in [5.74, 6) is 6.16. The second-order valence-corrected chi connectivity index (χ2v) is 7.80. The highest BCUT2D eigenvalue weighted by molar-refractivity contribution is 7.20. The van der Waals surface area contributed by atoms with Crippen LogP contribution >= 0.6 is 34.5 Å². The lowest BCUT2D eigenvalue weighted by Gasteiger charge is -2.40. The van der Waals surface area contributed by atoms with Gasteiger partial charge in [0, 0.05) is 25.2 Å². The van der Waals surface area contributed by atoms with Gasteiger partial charge in [0.2, 0.25) is 0 Å². The number of hydrazine groups is 1. The third-order valence-electron chi connectivity index (χ3n) is 4.27. The molecule has 4 nitrogen and oxygen atoms in total. The summed E-state index contributed by atoms with van der Waals surface area (Å²) in [6, 6.07) is 1.92. The summed E-state index contributed by atoms with van der Waals surface area (Å²) in [5.41, 5.74) is 3.77. The second-order valence-electron chi connectivity index (χ2n) is 5.51. The molecule has 112 valence electrons. The van der Waals surface area contributed by atoms with Crippen molar-refractivity contribution < 1.29 is 9.47 Å². The minimum Gasteiger partial charge on any atom is -0.378 e. The molecule has 7 heteroatoms. The smallest absolute Gasteiger partial charge is 0.0992 e. The number of nitrogens with one attached hydrogen (secondary N) is 1. The maximum Gasteiger partial charge on any atom is 0.0992 e. The number of halogens is 2. The van der Waals surface area contributed by atoms with Crippen LogP contribution in [0.5, 0.6) is 0 Å². The summed E-state index contributed by atoms with van der Waals surface area (Å²) in [6.45, 7) is 2.19. The lowest BCUT2D eigenvalue weighted by Crippen LogP contribution is -2.45. The van der Waals surface area contributed by atoms with Crippen LogP contribution in [0, 0.1) is 5.92 Å². The molecule has 0 aromatic carbocycles.